The lowest BCUT2D eigenvalue weighted by molar-refractivity contribution is -0.142. The maximum atomic E-state index is 12.5. The number of hydrogen-bond acceptors (Lipinski definition) is 4. The number of likely N-dealkylation sites (N-methyl/N-ethyl adjacent to an activating group) is 1. The topological polar surface area (TPSA) is 76.1 Å². The highest BCUT2D eigenvalue weighted by atomic mass is 16.5. The number of rotatable bonds is 4. The molecule has 1 saturated heterocycles. The minimum Gasteiger partial charge on any atom is -0.496 e. The number of ether oxygens (including phenoxy) is 2. The second kappa shape index (κ2) is 6.13. The summed E-state index contributed by atoms with van der Waals surface area (Å²) in [6.07, 6.45) is 0. The van der Waals surface area contributed by atoms with Crippen LogP contribution in [0, 0.1) is 12.8 Å². The van der Waals surface area contributed by atoms with Gasteiger partial charge >= 0.3 is 5.97 Å². The Morgan fingerprint density at radius 1 is 1.38 bits per heavy atom. The van der Waals surface area contributed by atoms with Gasteiger partial charge in [0.05, 0.1) is 26.4 Å². The lowest BCUT2D eigenvalue weighted by Crippen LogP contribution is -2.44. The van der Waals surface area contributed by atoms with E-state index < -0.39 is 17.9 Å². The second-order valence-electron chi connectivity index (χ2n) is 5.15. The van der Waals surface area contributed by atoms with Gasteiger partial charge in [-0.2, -0.15) is 0 Å². The van der Waals surface area contributed by atoms with Crippen molar-refractivity contribution in [3.8, 4) is 5.75 Å². The highest BCUT2D eigenvalue weighted by Gasteiger charge is 2.38. The van der Waals surface area contributed by atoms with Crippen molar-refractivity contribution >= 4 is 11.9 Å². The van der Waals surface area contributed by atoms with E-state index in [0.29, 0.717) is 11.3 Å². The number of amides is 1. The average molecular weight is 293 g/mol. The summed E-state index contributed by atoms with van der Waals surface area (Å²) in [7, 11) is 3.15. The third kappa shape index (κ3) is 3.00. The Hall–Kier alpha value is -2.08. The first-order valence-electron chi connectivity index (χ1n) is 6.68. The molecule has 6 nitrogen and oxygen atoms in total. The molecule has 1 aromatic rings. The number of nitrogens with zero attached hydrogens (tertiary/aromatic N) is 1. The van der Waals surface area contributed by atoms with Crippen molar-refractivity contribution in [2.75, 3.05) is 27.4 Å². The molecule has 0 aromatic heterocycles. The van der Waals surface area contributed by atoms with Crippen molar-refractivity contribution in [1.82, 2.24) is 4.90 Å². The average Bonchev–Trinajstić information content (AvgIpc) is 2.96. The lowest BCUT2D eigenvalue weighted by atomic mass is 10.0. The molecule has 114 valence electrons. The first kappa shape index (κ1) is 15.3. The molecule has 0 spiro atoms. The molecule has 6 heteroatoms. The van der Waals surface area contributed by atoms with Gasteiger partial charge in [0.15, 0.2) is 0 Å². The van der Waals surface area contributed by atoms with Crippen molar-refractivity contribution in [2.45, 2.75) is 13.0 Å². The van der Waals surface area contributed by atoms with Crippen LogP contribution in [-0.2, 0) is 9.53 Å². The number of carboxylic acid groups (broad SMARTS) is 1. The fraction of sp³-hybridized carbons (Fsp3) is 0.467. The van der Waals surface area contributed by atoms with Crippen LogP contribution in [0.15, 0.2) is 18.2 Å². The fourth-order valence-electron chi connectivity index (χ4n) is 2.47. The lowest BCUT2D eigenvalue weighted by Gasteiger charge is -2.26. The Morgan fingerprint density at radius 2 is 2.10 bits per heavy atom. The van der Waals surface area contributed by atoms with E-state index in [1.165, 1.54) is 4.90 Å². The zero-order valence-electron chi connectivity index (χ0n) is 12.3. The number of aryl methyl sites for hydroxylation is 1. The summed E-state index contributed by atoms with van der Waals surface area (Å²) in [5.74, 6) is -1.24. The van der Waals surface area contributed by atoms with Crippen molar-refractivity contribution in [2.24, 2.45) is 5.92 Å². The predicted octanol–water partition coefficient (Wildman–Crippen LogP) is 1.18. The van der Waals surface area contributed by atoms with E-state index in [1.54, 1.807) is 32.4 Å². The summed E-state index contributed by atoms with van der Waals surface area (Å²) in [6.45, 7) is 2.26. The van der Waals surface area contributed by atoms with Crippen LogP contribution >= 0.6 is 0 Å². The number of carbonyl (C=O) groups is 2. The van der Waals surface area contributed by atoms with Crippen LogP contribution in [0.5, 0.6) is 5.75 Å². The Kier molecular flexibility index (Phi) is 4.47. The van der Waals surface area contributed by atoms with Crippen LogP contribution in [0.4, 0.5) is 0 Å². The summed E-state index contributed by atoms with van der Waals surface area (Å²) >= 11 is 0. The molecule has 0 aliphatic carbocycles. The van der Waals surface area contributed by atoms with Gasteiger partial charge in [-0.3, -0.25) is 9.59 Å². The molecule has 21 heavy (non-hydrogen) atoms. The third-order valence-corrected chi connectivity index (χ3v) is 3.84. The van der Waals surface area contributed by atoms with Crippen LogP contribution in [-0.4, -0.2) is 55.3 Å². The molecule has 2 unspecified atom stereocenters. The van der Waals surface area contributed by atoms with Crippen LogP contribution in [0.2, 0.25) is 0 Å². The van der Waals surface area contributed by atoms with Crippen LogP contribution in [0.25, 0.3) is 0 Å². The summed E-state index contributed by atoms with van der Waals surface area (Å²) in [5, 5.41) is 9.17. The van der Waals surface area contributed by atoms with Gasteiger partial charge in [0.25, 0.3) is 5.91 Å². The predicted molar refractivity (Wildman–Crippen MR) is 75.6 cm³/mol. The van der Waals surface area contributed by atoms with E-state index in [2.05, 4.69) is 0 Å². The minimum atomic E-state index is -0.946. The van der Waals surface area contributed by atoms with E-state index >= 15 is 0 Å². The number of benzene rings is 1. The van der Waals surface area contributed by atoms with Gasteiger partial charge in [0, 0.05) is 12.6 Å². The summed E-state index contributed by atoms with van der Waals surface area (Å²) < 4.78 is 10.4. The molecular weight excluding hydrogens is 274 g/mol. The molecule has 1 aliphatic heterocycles. The maximum absolute atomic E-state index is 12.5. The van der Waals surface area contributed by atoms with Gasteiger partial charge in [-0.15, -0.1) is 0 Å². The zero-order chi connectivity index (χ0) is 15.6. The monoisotopic (exact) mass is 293 g/mol. The van der Waals surface area contributed by atoms with Gasteiger partial charge in [-0.25, -0.2) is 0 Å². The third-order valence-electron chi connectivity index (χ3n) is 3.84. The van der Waals surface area contributed by atoms with E-state index in [-0.39, 0.29) is 19.1 Å². The summed E-state index contributed by atoms with van der Waals surface area (Å²) in [5.41, 5.74) is 1.40. The zero-order valence-corrected chi connectivity index (χ0v) is 12.3. The molecule has 1 aromatic carbocycles. The van der Waals surface area contributed by atoms with E-state index in [1.807, 2.05) is 6.92 Å². The highest BCUT2D eigenvalue weighted by molar-refractivity contribution is 5.95. The Bertz CT molecular complexity index is 557. The van der Waals surface area contributed by atoms with Crippen molar-refractivity contribution < 1.29 is 24.2 Å². The maximum Gasteiger partial charge on any atom is 0.311 e. The number of carbonyl (C=O) groups excluding carboxylic acids is 1. The van der Waals surface area contributed by atoms with E-state index in [9.17, 15) is 9.59 Å². The molecule has 1 N–H and O–H groups in total. The van der Waals surface area contributed by atoms with Gasteiger partial charge in [0.1, 0.15) is 11.7 Å². The largest absolute Gasteiger partial charge is 0.496 e. The number of carboxylic acids is 1. The molecule has 0 bridgehead atoms. The van der Waals surface area contributed by atoms with Crippen LogP contribution in [0.3, 0.4) is 0 Å². The first-order chi connectivity index (χ1) is 9.95. The van der Waals surface area contributed by atoms with E-state index in [0.717, 1.165) is 5.56 Å². The van der Waals surface area contributed by atoms with Crippen LogP contribution in [0.1, 0.15) is 15.9 Å². The van der Waals surface area contributed by atoms with Gasteiger partial charge in [0.2, 0.25) is 0 Å². The van der Waals surface area contributed by atoms with Crippen LogP contribution < -0.4 is 4.74 Å². The van der Waals surface area contributed by atoms with Crippen molar-refractivity contribution in [3.05, 3.63) is 29.3 Å². The number of hydrogen-bond donors (Lipinski definition) is 1. The smallest absolute Gasteiger partial charge is 0.311 e. The normalized spacial score (nSPS) is 21.1. The molecule has 0 saturated carbocycles. The molecule has 2 rings (SSSR count). The summed E-state index contributed by atoms with van der Waals surface area (Å²) in [6, 6.07) is 4.73. The second-order valence-corrected chi connectivity index (χ2v) is 5.15. The standard InChI is InChI=1S/C15H19NO5/c1-9-4-5-10(6-13(9)20-3)14(17)16(2)12-8-21-7-11(12)15(18)19/h4-6,11-12H,7-8H2,1-3H3,(H,18,19). The molecule has 1 amide bonds. The molecular formula is C15H19NO5. The Balaban J connectivity index is 2.21. The SMILES string of the molecule is COc1cc(C(=O)N(C)C2COCC2C(=O)O)ccc1C. The molecule has 0 radical (unpaired) electrons. The number of aliphatic carboxylic acids is 1. The van der Waals surface area contributed by atoms with Crippen molar-refractivity contribution in [1.29, 1.82) is 0 Å². The molecule has 1 heterocycles. The molecule has 1 aliphatic rings. The Labute approximate surface area is 123 Å². The minimum absolute atomic E-state index is 0.134. The van der Waals surface area contributed by atoms with Gasteiger partial charge < -0.3 is 19.5 Å². The molecule has 1 fully saturated rings. The number of methoxy groups -OCH3 is 1. The fourth-order valence-corrected chi connectivity index (χ4v) is 2.47. The first-order valence-corrected chi connectivity index (χ1v) is 6.68. The summed E-state index contributed by atoms with van der Waals surface area (Å²) in [4.78, 5) is 25.1. The Morgan fingerprint density at radius 3 is 2.71 bits per heavy atom. The highest BCUT2D eigenvalue weighted by Crippen LogP contribution is 2.23. The van der Waals surface area contributed by atoms with Crippen molar-refractivity contribution in [3.63, 3.8) is 0 Å². The van der Waals surface area contributed by atoms with E-state index in [4.69, 9.17) is 14.6 Å². The molecule has 2 atom stereocenters. The quantitative estimate of drug-likeness (QED) is 0.902. The van der Waals surface area contributed by atoms with Gasteiger partial charge in [-0.05, 0) is 24.6 Å². The van der Waals surface area contributed by atoms with Gasteiger partial charge in [-0.1, -0.05) is 6.07 Å².